The summed E-state index contributed by atoms with van der Waals surface area (Å²) in [5.74, 6) is -3.38. The average molecular weight is 423 g/mol. The number of anilines is 1. The van der Waals surface area contributed by atoms with Crippen molar-refractivity contribution in [3.8, 4) is 5.75 Å². The molecule has 2 aromatic rings. The van der Waals surface area contributed by atoms with Gasteiger partial charge in [-0.1, -0.05) is 12.1 Å². The lowest BCUT2D eigenvalue weighted by Gasteiger charge is -2.21. The van der Waals surface area contributed by atoms with Crippen LogP contribution in [0, 0.1) is 10.1 Å². The molecule has 12 heteroatoms. The number of carbonyl (C=O) groups excluding carboxylic acids is 3. The van der Waals surface area contributed by atoms with Crippen LogP contribution in [0.2, 0.25) is 0 Å². The van der Waals surface area contributed by atoms with Crippen molar-refractivity contribution in [1.82, 2.24) is 4.90 Å². The van der Waals surface area contributed by atoms with Crippen LogP contribution >= 0.6 is 0 Å². The lowest BCUT2D eigenvalue weighted by atomic mass is 10.1. The van der Waals surface area contributed by atoms with Crippen molar-refractivity contribution in [2.45, 2.75) is 19.3 Å². The summed E-state index contributed by atoms with van der Waals surface area (Å²) in [7, 11) is 0. The number of carbonyl (C=O) groups is 3. The van der Waals surface area contributed by atoms with Crippen LogP contribution in [-0.4, -0.2) is 39.9 Å². The van der Waals surface area contributed by atoms with E-state index >= 15 is 0 Å². The summed E-state index contributed by atoms with van der Waals surface area (Å²) in [6.07, 6.45) is -4.93. The zero-order valence-corrected chi connectivity index (χ0v) is 15.1. The number of hydrogen-bond donors (Lipinski definition) is 1. The lowest BCUT2D eigenvalue weighted by Crippen LogP contribution is -2.45. The van der Waals surface area contributed by atoms with Gasteiger partial charge in [0.1, 0.15) is 17.4 Å². The number of benzene rings is 2. The number of ether oxygens (including phenoxy) is 1. The molecule has 1 unspecified atom stereocenters. The number of halogens is 3. The topological polar surface area (TPSA) is 119 Å². The van der Waals surface area contributed by atoms with Crippen LogP contribution in [0.15, 0.2) is 42.5 Å². The Bertz CT molecular complexity index is 1070. The van der Waals surface area contributed by atoms with Crippen molar-refractivity contribution < 1.29 is 37.2 Å². The lowest BCUT2D eigenvalue weighted by molar-refractivity contribution is -0.385. The van der Waals surface area contributed by atoms with Crippen LogP contribution in [0.4, 0.5) is 24.5 Å². The Morgan fingerprint density at radius 1 is 1.17 bits per heavy atom. The zero-order valence-electron chi connectivity index (χ0n) is 15.1. The van der Waals surface area contributed by atoms with E-state index in [0.717, 1.165) is 18.2 Å². The van der Waals surface area contributed by atoms with Gasteiger partial charge in [0.15, 0.2) is 0 Å². The second-order valence-electron chi connectivity index (χ2n) is 6.18. The first-order valence-electron chi connectivity index (χ1n) is 8.31. The van der Waals surface area contributed by atoms with Crippen LogP contribution in [-0.2, 0) is 4.79 Å². The van der Waals surface area contributed by atoms with E-state index in [1.54, 1.807) is 0 Å². The summed E-state index contributed by atoms with van der Waals surface area (Å²) in [6, 6.07) is 6.54. The molecule has 0 radical (unpaired) electrons. The Kier molecular flexibility index (Phi) is 5.16. The third kappa shape index (κ3) is 3.92. The number of alkyl halides is 3. The van der Waals surface area contributed by atoms with Gasteiger partial charge in [-0.25, -0.2) is 0 Å². The fraction of sp³-hybridized carbons (Fsp3) is 0.167. The van der Waals surface area contributed by atoms with Gasteiger partial charge in [0.2, 0.25) is 5.91 Å². The largest absolute Gasteiger partial charge is 0.573 e. The van der Waals surface area contributed by atoms with Crippen LogP contribution in [0.5, 0.6) is 5.75 Å². The first kappa shape index (κ1) is 20.8. The molecule has 0 bridgehead atoms. The highest BCUT2D eigenvalue weighted by Crippen LogP contribution is 2.32. The van der Waals surface area contributed by atoms with Crippen molar-refractivity contribution >= 4 is 29.1 Å². The number of nitro benzene ring substituents is 1. The number of rotatable bonds is 5. The van der Waals surface area contributed by atoms with Gasteiger partial charge < -0.3 is 10.1 Å². The molecule has 0 saturated carbocycles. The number of amides is 3. The highest BCUT2D eigenvalue weighted by molar-refractivity contribution is 6.24. The van der Waals surface area contributed by atoms with Gasteiger partial charge >= 0.3 is 6.36 Å². The van der Waals surface area contributed by atoms with Gasteiger partial charge in [-0.15, -0.1) is 13.2 Å². The Hall–Kier alpha value is -3.96. The van der Waals surface area contributed by atoms with Crippen LogP contribution in [0.25, 0.3) is 0 Å². The maximum absolute atomic E-state index is 12.6. The molecular weight excluding hydrogens is 411 g/mol. The monoisotopic (exact) mass is 423 g/mol. The second kappa shape index (κ2) is 7.46. The normalized spacial score (nSPS) is 14.3. The first-order chi connectivity index (χ1) is 14.0. The van der Waals surface area contributed by atoms with Gasteiger partial charge in [0.05, 0.1) is 10.5 Å². The molecule has 1 atom stereocenters. The predicted molar refractivity (Wildman–Crippen MR) is 94.8 cm³/mol. The summed E-state index contributed by atoms with van der Waals surface area (Å²) < 4.78 is 40.8. The highest BCUT2D eigenvalue weighted by Gasteiger charge is 2.44. The van der Waals surface area contributed by atoms with E-state index in [4.69, 9.17) is 0 Å². The van der Waals surface area contributed by atoms with Gasteiger partial charge in [-0.05, 0) is 25.1 Å². The SMILES string of the molecule is CC(C(=O)Nc1cccc(OC(F)(F)F)c1)N1C(=O)c2cccc([N+](=O)[O-])c2C1=O. The maximum Gasteiger partial charge on any atom is 0.573 e. The molecule has 1 N–H and O–H groups in total. The molecule has 2 aromatic carbocycles. The van der Waals surface area contributed by atoms with E-state index in [1.807, 2.05) is 0 Å². The highest BCUT2D eigenvalue weighted by atomic mass is 19.4. The number of imide groups is 1. The fourth-order valence-corrected chi connectivity index (χ4v) is 2.92. The number of fused-ring (bicyclic) bond motifs is 1. The Balaban J connectivity index is 1.81. The Labute approximate surface area is 166 Å². The molecule has 1 heterocycles. The maximum atomic E-state index is 12.6. The molecule has 3 rings (SSSR count). The molecule has 0 aromatic heterocycles. The van der Waals surface area contributed by atoms with E-state index in [2.05, 4.69) is 10.1 Å². The van der Waals surface area contributed by atoms with Gasteiger partial charge in [-0.2, -0.15) is 0 Å². The minimum atomic E-state index is -4.93. The number of hydrogen-bond acceptors (Lipinski definition) is 6. The van der Waals surface area contributed by atoms with Crippen LogP contribution in [0.3, 0.4) is 0 Å². The van der Waals surface area contributed by atoms with Crippen molar-refractivity contribution in [2.24, 2.45) is 0 Å². The third-order valence-corrected chi connectivity index (χ3v) is 4.22. The van der Waals surface area contributed by atoms with Crippen LogP contribution < -0.4 is 10.1 Å². The molecule has 0 aliphatic carbocycles. The van der Waals surface area contributed by atoms with Crippen molar-refractivity contribution in [2.75, 3.05) is 5.32 Å². The predicted octanol–water partition coefficient (Wildman–Crippen LogP) is 3.12. The van der Waals surface area contributed by atoms with E-state index in [1.165, 1.54) is 31.2 Å². The molecular formula is C18H12F3N3O6. The quantitative estimate of drug-likeness (QED) is 0.448. The molecule has 9 nitrogen and oxygen atoms in total. The van der Waals surface area contributed by atoms with E-state index in [9.17, 15) is 37.7 Å². The molecule has 1 aliphatic rings. The van der Waals surface area contributed by atoms with Gasteiger partial charge in [-0.3, -0.25) is 29.4 Å². The van der Waals surface area contributed by atoms with Crippen molar-refractivity contribution in [1.29, 1.82) is 0 Å². The van der Waals surface area contributed by atoms with Gasteiger partial charge in [0, 0.05) is 17.8 Å². The molecule has 0 saturated heterocycles. The first-order valence-corrected chi connectivity index (χ1v) is 8.31. The van der Waals surface area contributed by atoms with E-state index in [0.29, 0.717) is 4.90 Å². The molecule has 0 fully saturated rings. The Morgan fingerprint density at radius 3 is 2.47 bits per heavy atom. The number of nitro groups is 1. The zero-order chi connectivity index (χ0) is 22.2. The van der Waals surface area contributed by atoms with Crippen molar-refractivity contribution in [3.05, 3.63) is 63.7 Å². The summed E-state index contributed by atoms with van der Waals surface area (Å²) in [6.45, 7) is 1.21. The average Bonchev–Trinajstić information content (AvgIpc) is 2.90. The smallest absolute Gasteiger partial charge is 0.406 e. The minimum absolute atomic E-state index is 0.0730. The van der Waals surface area contributed by atoms with E-state index < -0.39 is 52.0 Å². The summed E-state index contributed by atoms with van der Waals surface area (Å²) >= 11 is 0. The summed E-state index contributed by atoms with van der Waals surface area (Å²) in [4.78, 5) is 48.6. The molecule has 30 heavy (non-hydrogen) atoms. The molecule has 156 valence electrons. The summed E-state index contributed by atoms with van der Waals surface area (Å²) in [5.41, 5.74) is -1.28. The molecule has 1 aliphatic heterocycles. The number of nitrogens with one attached hydrogen (secondary N) is 1. The fourth-order valence-electron chi connectivity index (χ4n) is 2.92. The molecule has 3 amide bonds. The second-order valence-corrected chi connectivity index (χ2v) is 6.18. The van der Waals surface area contributed by atoms with E-state index in [-0.39, 0.29) is 11.3 Å². The van der Waals surface area contributed by atoms with Crippen molar-refractivity contribution in [3.63, 3.8) is 0 Å². The summed E-state index contributed by atoms with van der Waals surface area (Å²) in [5, 5.41) is 13.4. The van der Waals surface area contributed by atoms with Crippen LogP contribution in [0.1, 0.15) is 27.6 Å². The number of nitrogens with zero attached hydrogens (tertiary/aromatic N) is 2. The molecule has 0 spiro atoms. The third-order valence-electron chi connectivity index (χ3n) is 4.22. The minimum Gasteiger partial charge on any atom is -0.406 e. The van der Waals surface area contributed by atoms with Gasteiger partial charge in [0.25, 0.3) is 17.5 Å². The Morgan fingerprint density at radius 2 is 1.83 bits per heavy atom. The standard InChI is InChI=1S/C18H12F3N3O6/c1-9(15(25)22-10-4-2-5-11(8-10)30-18(19,20)21)23-16(26)12-6-3-7-13(24(28)29)14(12)17(23)27/h2-9H,1H3,(H,22,25).